The van der Waals surface area contributed by atoms with Gasteiger partial charge >= 0.3 is 6.09 Å². The molecule has 1 aliphatic heterocycles. The Morgan fingerprint density at radius 1 is 1.06 bits per heavy atom. The first-order valence-electron chi connectivity index (χ1n) is 11.7. The van der Waals surface area contributed by atoms with Gasteiger partial charge in [0.15, 0.2) is 11.5 Å². The van der Waals surface area contributed by atoms with Crippen molar-refractivity contribution in [1.82, 2.24) is 4.90 Å². The molecule has 2 aliphatic rings. The van der Waals surface area contributed by atoms with Crippen LogP contribution >= 0.6 is 0 Å². The molecule has 0 N–H and O–H groups in total. The van der Waals surface area contributed by atoms with Gasteiger partial charge in [0.25, 0.3) is 0 Å². The van der Waals surface area contributed by atoms with E-state index in [2.05, 4.69) is 43.3 Å². The lowest BCUT2D eigenvalue weighted by Gasteiger charge is -2.31. The van der Waals surface area contributed by atoms with E-state index < -0.39 is 0 Å². The van der Waals surface area contributed by atoms with E-state index in [0.29, 0.717) is 13.1 Å². The van der Waals surface area contributed by atoms with E-state index in [9.17, 15) is 4.79 Å². The molecular formula is C27H35NO4. The Kier molecular flexibility index (Phi) is 6.92. The third-order valence-electron chi connectivity index (χ3n) is 7.24. The summed E-state index contributed by atoms with van der Waals surface area (Å²) in [6.45, 7) is 3.63. The van der Waals surface area contributed by atoms with Crippen LogP contribution in [0, 0.1) is 5.41 Å². The summed E-state index contributed by atoms with van der Waals surface area (Å²) in [7, 11) is 3.15. The number of likely N-dealkylation sites (tertiary alicyclic amines) is 1. The average Bonchev–Trinajstić information content (AvgIpc) is 3.46. The predicted molar refractivity (Wildman–Crippen MR) is 125 cm³/mol. The zero-order valence-corrected chi connectivity index (χ0v) is 19.5. The van der Waals surface area contributed by atoms with Crippen LogP contribution in [0.4, 0.5) is 4.79 Å². The first kappa shape index (κ1) is 22.5. The summed E-state index contributed by atoms with van der Waals surface area (Å²) in [5, 5.41) is 0. The van der Waals surface area contributed by atoms with Gasteiger partial charge in [0, 0.05) is 19.0 Å². The minimum absolute atomic E-state index is 0.0662. The Balaban J connectivity index is 1.60. The lowest BCUT2D eigenvalue weighted by Crippen LogP contribution is -2.31. The van der Waals surface area contributed by atoms with Crippen molar-refractivity contribution in [2.75, 3.05) is 27.3 Å². The first-order chi connectivity index (χ1) is 15.5. The van der Waals surface area contributed by atoms with E-state index in [-0.39, 0.29) is 23.5 Å². The number of amides is 1. The lowest BCUT2D eigenvalue weighted by molar-refractivity contribution is 0.127. The second-order valence-corrected chi connectivity index (χ2v) is 9.48. The SMILES string of the molecule is COC(=O)N1C[C@@H](c2ccc(OC)c(OC3CCCC3)c2)[C@](C)(CCc2ccccc2)C1. The molecule has 0 aromatic heterocycles. The number of methoxy groups -OCH3 is 2. The smallest absolute Gasteiger partial charge is 0.409 e. The molecule has 5 heteroatoms. The van der Waals surface area contributed by atoms with Crippen molar-refractivity contribution in [1.29, 1.82) is 0 Å². The van der Waals surface area contributed by atoms with Gasteiger partial charge in [-0.15, -0.1) is 0 Å². The molecule has 4 rings (SSSR count). The Labute approximate surface area is 191 Å². The number of carbonyl (C=O) groups is 1. The molecule has 1 heterocycles. The fourth-order valence-corrected chi connectivity index (χ4v) is 5.34. The van der Waals surface area contributed by atoms with Crippen LogP contribution in [0.3, 0.4) is 0 Å². The number of nitrogens with zero attached hydrogens (tertiary/aromatic N) is 1. The summed E-state index contributed by atoms with van der Waals surface area (Å²) >= 11 is 0. The minimum Gasteiger partial charge on any atom is -0.493 e. The molecule has 1 amide bonds. The molecule has 5 nitrogen and oxygen atoms in total. The van der Waals surface area contributed by atoms with Crippen molar-refractivity contribution >= 4 is 6.09 Å². The van der Waals surface area contributed by atoms with Gasteiger partial charge in [-0.2, -0.15) is 0 Å². The maximum absolute atomic E-state index is 12.4. The molecule has 32 heavy (non-hydrogen) atoms. The minimum atomic E-state index is -0.255. The number of ether oxygens (including phenoxy) is 3. The number of hydrogen-bond donors (Lipinski definition) is 0. The monoisotopic (exact) mass is 437 g/mol. The fraction of sp³-hybridized carbons (Fsp3) is 0.519. The highest BCUT2D eigenvalue weighted by Crippen LogP contribution is 2.47. The van der Waals surface area contributed by atoms with Crippen LogP contribution in [0.1, 0.15) is 56.1 Å². The van der Waals surface area contributed by atoms with Crippen LogP contribution in [-0.2, 0) is 11.2 Å². The molecule has 172 valence electrons. The van der Waals surface area contributed by atoms with Crippen LogP contribution in [0.5, 0.6) is 11.5 Å². The van der Waals surface area contributed by atoms with Crippen molar-refractivity contribution in [3.8, 4) is 11.5 Å². The van der Waals surface area contributed by atoms with E-state index in [0.717, 1.165) is 37.2 Å². The molecule has 1 saturated heterocycles. The summed E-state index contributed by atoms with van der Waals surface area (Å²) < 4.78 is 17.0. The largest absolute Gasteiger partial charge is 0.493 e. The molecule has 0 radical (unpaired) electrons. The summed E-state index contributed by atoms with van der Waals surface area (Å²) in [4.78, 5) is 14.3. The van der Waals surface area contributed by atoms with Crippen molar-refractivity contribution < 1.29 is 19.0 Å². The molecular weight excluding hydrogens is 402 g/mol. The predicted octanol–water partition coefficient (Wildman–Crippen LogP) is 5.82. The third kappa shape index (κ3) is 4.87. The van der Waals surface area contributed by atoms with Gasteiger partial charge in [0.1, 0.15) is 0 Å². The topological polar surface area (TPSA) is 48.0 Å². The molecule has 2 aromatic carbocycles. The summed E-state index contributed by atoms with van der Waals surface area (Å²) in [6.07, 6.45) is 6.61. The zero-order chi connectivity index (χ0) is 22.6. The molecule has 1 aliphatic carbocycles. The van der Waals surface area contributed by atoms with Gasteiger partial charge in [-0.05, 0) is 67.2 Å². The van der Waals surface area contributed by atoms with Crippen molar-refractivity contribution in [2.24, 2.45) is 5.41 Å². The molecule has 1 saturated carbocycles. The highest BCUT2D eigenvalue weighted by Gasteiger charge is 2.45. The number of carbonyl (C=O) groups excluding carboxylic acids is 1. The highest BCUT2D eigenvalue weighted by atomic mass is 16.5. The Hall–Kier alpha value is -2.69. The summed E-state index contributed by atoms with van der Waals surface area (Å²) in [5.41, 5.74) is 2.45. The van der Waals surface area contributed by atoms with Gasteiger partial charge in [-0.1, -0.05) is 43.3 Å². The standard InChI is InChI=1S/C27H35NO4/c1-27(16-15-20-9-5-4-6-10-20)19-28(26(29)31-3)18-23(27)21-13-14-24(30-2)25(17-21)32-22-11-7-8-12-22/h4-6,9-10,13-14,17,22-23H,7-8,11-12,15-16,18-19H2,1-3H3/t23-,27+/m0/s1. The number of rotatable bonds is 7. The Morgan fingerprint density at radius 2 is 1.81 bits per heavy atom. The van der Waals surface area contributed by atoms with E-state index in [1.807, 2.05) is 17.0 Å². The molecule has 2 aromatic rings. The number of hydrogen-bond acceptors (Lipinski definition) is 4. The second kappa shape index (κ2) is 9.85. The van der Waals surface area contributed by atoms with Crippen molar-refractivity contribution in [2.45, 2.75) is 57.5 Å². The molecule has 0 unspecified atom stereocenters. The fourth-order valence-electron chi connectivity index (χ4n) is 5.34. The summed E-state index contributed by atoms with van der Waals surface area (Å²) in [5.74, 6) is 1.79. The first-order valence-corrected chi connectivity index (χ1v) is 11.7. The Morgan fingerprint density at radius 3 is 2.50 bits per heavy atom. The van der Waals surface area contributed by atoms with Crippen LogP contribution in [0.15, 0.2) is 48.5 Å². The van der Waals surface area contributed by atoms with E-state index >= 15 is 0 Å². The molecule has 2 atom stereocenters. The van der Waals surface area contributed by atoms with Gasteiger partial charge in [0.2, 0.25) is 0 Å². The number of aryl methyl sites for hydroxylation is 1. The van der Waals surface area contributed by atoms with E-state index in [4.69, 9.17) is 14.2 Å². The van der Waals surface area contributed by atoms with Crippen LogP contribution in [0.25, 0.3) is 0 Å². The molecule has 2 fully saturated rings. The average molecular weight is 438 g/mol. The van der Waals surface area contributed by atoms with E-state index in [1.165, 1.54) is 31.1 Å². The zero-order valence-electron chi connectivity index (χ0n) is 19.5. The van der Waals surface area contributed by atoms with Crippen LogP contribution in [-0.4, -0.2) is 44.4 Å². The van der Waals surface area contributed by atoms with Crippen molar-refractivity contribution in [3.63, 3.8) is 0 Å². The molecule has 0 spiro atoms. The van der Waals surface area contributed by atoms with Crippen LogP contribution < -0.4 is 9.47 Å². The highest BCUT2D eigenvalue weighted by molar-refractivity contribution is 5.68. The van der Waals surface area contributed by atoms with Gasteiger partial charge in [-0.25, -0.2) is 4.79 Å². The quantitative estimate of drug-likeness (QED) is 0.547. The number of benzene rings is 2. The lowest BCUT2D eigenvalue weighted by atomic mass is 9.72. The summed E-state index contributed by atoms with van der Waals surface area (Å²) in [6, 6.07) is 16.8. The maximum atomic E-state index is 12.4. The van der Waals surface area contributed by atoms with E-state index in [1.54, 1.807) is 7.11 Å². The van der Waals surface area contributed by atoms with Gasteiger partial charge in [0.05, 0.1) is 20.3 Å². The normalized spacial score (nSPS) is 23.3. The Bertz CT molecular complexity index is 909. The van der Waals surface area contributed by atoms with Gasteiger partial charge < -0.3 is 19.1 Å². The van der Waals surface area contributed by atoms with Gasteiger partial charge in [-0.3, -0.25) is 0 Å². The van der Waals surface area contributed by atoms with Crippen molar-refractivity contribution in [3.05, 3.63) is 59.7 Å². The maximum Gasteiger partial charge on any atom is 0.409 e. The second-order valence-electron chi connectivity index (χ2n) is 9.48. The van der Waals surface area contributed by atoms with Crippen LogP contribution in [0.2, 0.25) is 0 Å². The molecule has 0 bridgehead atoms. The third-order valence-corrected chi connectivity index (χ3v) is 7.24.